The highest BCUT2D eigenvalue weighted by molar-refractivity contribution is 9.10. The SMILES string of the molecule is CCC(CC)C(O)CNC(=O)c1ccc(C)c(Br)c1. The minimum atomic E-state index is -0.479. The fourth-order valence-electron chi connectivity index (χ4n) is 2.03. The fourth-order valence-corrected chi connectivity index (χ4v) is 2.41. The highest BCUT2D eigenvalue weighted by atomic mass is 79.9. The number of halogens is 1. The third kappa shape index (κ3) is 4.62. The Labute approximate surface area is 123 Å². The van der Waals surface area contributed by atoms with Gasteiger partial charge in [0.1, 0.15) is 0 Å². The molecule has 0 fully saturated rings. The molecule has 1 aromatic rings. The van der Waals surface area contributed by atoms with E-state index in [0.717, 1.165) is 22.9 Å². The van der Waals surface area contributed by atoms with Crippen molar-refractivity contribution in [2.24, 2.45) is 5.92 Å². The molecule has 4 heteroatoms. The number of carbonyl (C=O) groups excluding carboxylic acids is 1. The van der Waals surface area contributed by atoms with Gasteiger partial charge in [-0.05, 0) is 30.5 Å². The summed E-state index contributed by atoms with van der Waals surface area (Å²) in [5.41, 5.74) is 1.70. The van der Waals surface area contributed by atoms with E-state index in [1.165, 1.54) is 0 Å². The monoisotopic (exact) mass is 327 g/mol. The van der Waals surface area contributed by atoms with Crippen LogP contribution in [0.15, 0.2) is 22.7 Å². The minimum absolute atomic E-state index is 0.147. The number of hydrogen-bond donors (Lipinski definition) is 2. The molecule has 19 heavy (non-hydrogen) atoms. The lowest BCUT2D eigenvalue weighted by atomic mass is 9.96. The van der Waals surface area contributed by atoms with Crippen molar-refractivity contribution in [1.29, 1.82) is 0 Å². The summed E-state index contributed by atoms with van der Waals surface area (Å²) in [6.07, 6.45) is 1.36. The molecule has 1 atom stereocenters. The second-order valence-corrected chi connectivity index (χ2v) is 5.67. The summed E-state index contributed by atoms with van der Waals surface area (Å²) >= 11 is 3.41. The number of aryl methyl sites for hydroxylation is 1. The maximum Gasteiger partial charge on any atom is 0.251 e. The molecular weight excluding hydrogens is 306 g/mol. The summed E-state index contributed by atoms with van der Waals surface area (Å²) in [6, 6.07) is 5.49. The van der Waals surface area contributed by atoms with Crippen LogP contribution in [0.3, 0.4) is 0 Å². The van der Waals surface area contributed by atoms with Gasteiger partial charge < -0.3 is 10.4 Å². The topological polar surface area (TPSA) is 49.3 Å². The van der Waals surface area contributed by atoms with Gasteiger partial charge >= 0.3 is 0 Å². The Hall–Kier alpha value is -0.870. The largest absolute Gasteiger partial charge is 0.391 e. The summed E-state index contributed by atoms with van der Waals surface area (Å²) in [4.78, 5) is 12.0. The van der Waals surface area contributed by atoms with Gasteiger partial charge in [0, 0.05) is 16.6 Å². The van der Waals surface area contributed by atoms with Crippen LogP contribution in [-0.2, 0) is 0 Å². The number of rotatable bonds is 6. The Balaban J connectivity index is 2.58. The quantitative estimate of drug-likeness (QED) is 0.842. The number of hydrogen-bond acceptors (Lipinski definition) is 2. The van der Waals surface area contributed by atoms with Crippen LogP contribution in [0.4, 0.5) is 0 Å². The van der Waals surface area contributed by atoms with Gasteiger partial charge in [0.15, 0.2) is 0 Å². The predicted molar refractivity (Wildman–Crippen MR) is 81.3 cm³/mol. The van der Waals surface area contributed by atoms with Crippen LogP contribution in [0.25, 0.3) is 0 Å². The zero-order valence-electron chi connectivity index (χ0n) is 11.7. The molecule has 2 N–H and O–H groups in total. The molecule has 0 aliphatic carbocycles. The Morgan fingerprint density at radius 2 is 2.00 bits per heavy atom. The van der Waals surface area contributed by atoms with Crippen molar-refractivity contribution < 1.29 is 9.90 Å². The third-order valence-corrected chi connectivity index (χ3v) is 4.35. The molecule has 3 nitrogen and oxygen atoms in total. The zero-order valence-corrected chi connectivity index (χ0v) is 13.3. The van der Waals surface area contributed by atoms with Gasteiger partial charge in [-0.3, -0.25) is 4.79 Å². The van der Waals surface area contributed by atoms with E-state index in [4.69, 9.17) is 0 Å². The van der Waals surface area contributed by atoms with Crippen LogP contribution in [-0.4, -0.2) is 23.7 Å². The molecule has 0 saturated heterocycles. The molecular formula is C15H22BrNO2. The first-order valence-corrected chi connectivity index (χ1v) is 7.51. The van der Waals surface area contributed by atoms with Crippen molar-refractivity contribution in [3.63, 3.8) is 0 Å². The number of benzene rings is 1. The summed E-state index contributed by atoms with van der Waals surface area (Å²) in [7, 11) is 0. The number of aliphatic hydroxyl groups is 1. The molecule has 1 unspecified atom stereocenters. The Morgan fingerprint density at radius 3 is 2.53 bits per heavy atom. The molecule has 106 valence electrons. The van der Waals surface area contributed by atoms with E-state index in [2.05, 4.69) is 35.1 Å². The molecule has 0 saturated carbocycles. The molecule has 0 radical (unpaired) electrons. The molecule has 1 amide bonds. The van der Waals surface area contributed by atoms with E-state index in [1.807, 2.05) is 13.0 Å². The van der Waals surface area contributed by atoms with E-state index in [-0.39, 0.29) is 11.8 Å². The van der Waals surface area contributed by atoms with Gasteiger partial charge in [-0.2, -0.15) is 0 Å². The van der Waals surface area contributed by atoms with Crippen molar-refractivity contribution >= 4 is 21.8 Å². The average molecular weight is 328 g/mol. The highest BCUT2D eigenvalue weighted by Gasteiger charge is 2.16. The number of carbonyl (C=O) groups is 1. The van der Waals surface area contributed by atoms with Gasteiger partial charge in [-0.15, -0.1) is 0 Å². The minimum Gasteiger partial charge on any atom is -0.391 e. The summed E-state index contributed by atoms with van der Waals surface area (Å²) in [5, 5.41) is 12.8. The normalized spacial score (nSPS) is 12.5. The summed E-state index contributed by atoms with van der Waals surface area (Å²) in [6.45, 7) is 6.38. The van der Waals surface area contributed by atoms with E-state index in [9.17, 15) is 9.90 Å². The van der Waals surface area contributed by atoms with Crippen LogP contribution in [0, 0.1) is 12.8 Å². The Bertz CT molecular complexity index is 430. The van der Waals surface area contributed by atoms with Crippen LogP contribution in [0.2, 0.25) is 0 Å². The zero-order chi connectivity index (χ0) is 14.4. The average Bonchev–Trinajstić information content (AvgIpc) is 2.40. The second kappa shape index (κ2) is 7.65. The maximum atomic E-state index is 12.0. The van der Waals surface area contributed by atoms with Crippen molar-refractivity contribution in [3.05, 3.63) is 33.8 Å². The Kier molecular flexibility index (Phi) is 6.52. The summed E-state index contributed by atoms with van der Waals surface area (Å²) in [5.74, 6) is 0.0933. The number of nitrogens with one attached hydrogen (secondary N) is 1. The smallest absolute Gasteiger partial charge is 0.251 e. The fraction of sp³-hybridized carbons (Fsp3) is 0.533. The standard InChI is InChI=1S/C15H22BrNO2/c1-4-11(5-2)14(18)9-17-15(19)12-7-6-10(3)13(16)8-12/h6-8,11,14,18H,4-5,9H2,1-3H3,(H,17,19). The van der Waals surface area contributed by atoms with Gasteiger partial charge in [0.2, 0.25) is 0 Å². The van der Waals surface area contributed by atoms with Gasteiger partial charge in [0.05, 0.1) is 6.10 Å². The van der Waals surface area contributed by atoms with Crippen molar-refractivity contribution in [2.45, 2.75) is 39.7 Å². The van der Waals surface area contributed by atoms with Crippen molar-refractivity contribution in [1.82, 2.24) is 5.32 Å². The van der Waals surface area contributed by atoms with E-state index in [1.54, 1.807) is 12.1 Å². The lowest BCUT2D eigenvalue weighted by Crippen LogP contribution is -2.36. The summed E-state index contributed by atoms with van der Waals surface area (Å²) < 4.78 is 0.917. The number of amides is 1. The molecule has 0 heterocycles. The third-order valence-electron chi connectivity index (χ3n) is 3.50. The first-order valence-electron chi connectivity index (χ1n) is 6.72. The van der Waals surface area contributed by atoms with Crippen LogP contribution in [0.1, 0.15) is 42.6 Å². The number of aliphatic hydroxyl groups excluding tert-OH is 1. The highest BCUT2D eigenvalue weighted by Crippen LogP contribution is 2.17. The van der Waals surface area contributed by atoms with Gasteiger partial charge in [-0.1, -0.05) is 48.7 Å². The van der Waals surface area contributed by atoms with E-state index in [0.29, 0.717) is 12.1 Å². The van der Waals surface area contributed by atoms with Crippen LogP contribution >= 0.6 is 15.9 Å². The molecule has 0 aromatic heterocycles. The molecule has 0 bridgehead atoms. The van der Waals surface area contributed by atoms with Gasteiger partial charge in [0.25, 0.3) is 5.91 Å². The molecule has 0 spiro atoms. The lowest BCUT2D eigenvalue weighted by molar-refractivity contribution is 0.0816. The second-order valence-electron chi connectivity index (χ2n) is 4.82. The van der Waals surface area contributed by atoms with Crippen LogP contribution < -0.4 is 5.32 Å². The van der Waals surface area contributed by atoms with Gasteiger partial charge in [-0.25, -0.2) is 0 Å². The Morgan fingerprint density at radius 1 is 1.37 bits per heavy atom. The molecule has 1 aromatic carbocycles. The van der Waals surface area contributed by atoms with Crippen molar-refractivity contribution in [2.75, 3.05) is 6.54 Å². The molecule has 0 aliphatic heterocycles. The van der Waals surface area contributed by atoms with E-state index < -0.39 is 6.10 Å². The first-order chi connectivity index (χ1) is 8.99. The predicted octanol–water partition coefficient (Wildman–Crippen LogP) is 3.28. The lowest BCUT2D eigenvalue weighted by Gasteiger charge is -2.20. The molecule has 1 rings (SSSR count). The first kappa shape index (κ1) is 16.2. The van der Waals surface area contributed by atoms with E-state index >= 15 is 0 Å². The molecule has 0 aliphatic rings. The maximum absolute atomic E-state index is 12.0. The van der Waals surface area contributed by atoms with Crippen molar-refractivity contribution in [3.8, 4) is 0 Å². The van der Waals surface area contributed by atoms with Crippen LogP contribution in [0.5, 0.6) is 0 Å².